The van der Waals surface area contributed by atoms with Gasteiger partial charge in [-0.3, -0.25) is 28.9 Å². The minimum Gasteiger partial charge on any atom is -0.464 e. The van der Waals surface area contributed by atoms with Crippen molar-refractivity contribution in [1.82, 2.24) is 10.6 Å². The standard InChI is InChI=1S/C35H36N4O7/c1-3-46-35(45)29-19-24-14-15-25(38-33(43)26-11-4-5-12-27(26)34(38)44)20-28(24)39(29)32(42)21-37-30(40)13-6-7-16-36-31(41)18-23-10-8-9-22(2)17-23/h4-5,8-12,14-15,17,20,29H,3,6-7,13,16,18-19,21H2,1-2H3,(H,36,41)(H,37,40). The fourth-order valence-corrected chi connectivity index (χ4v) is 5.77. The van der Waals surface area contributed by atoms with Gasteiger partial charge in [-0.15, -0.1) is 0 Å². The summed E-state index contributed by atoms with van der Waals surface area (Å²) in [4.78, 5) is 79.6. The number of nitrogens with zero attached hydrogens (tertiary/aromatic N) is 2. The summed E-state index contributed by atoms with van der Waals surface area (Å²) in [6.45, 7) is 3.83. The van der Waals surface area contributed by atoms with Crippen LogP contribution in [0.25, 0.3) is 0 Å². The number of fused-ring (bicyclic) bond motifs is 2. The van der Waals surface area contributed by atoms with E-state index in [9.17, 15) is 28.8 Å². The summed E-state index contributed by atoms with van der Waals surface area (Å²) >= 11 is 0. The lowest BCUT2D eigenvalue weighted by Crippen LogP contribution is -2.48. The highest BCUT2D eigenvalue weighted by molar-refractivity contribution is 6.34. The quantitative estimate of drug-likeness (QED) is 0.179. The number of imide groups is 1. The van der Waals surface area contributed by atoms with E-state index in [2.05, 4.69) is 10.6 Å². The third kappa shape index (κ3) is 6.98. The normalized spacial score (nSPS) is 15.0. The number of unbranched alkanes of at least 4 members (excludes halogenated alkanes) is 1. The summed E-state index contributed by atoms with van der Waals surface area (Å²) in [7, 11) is 0. The molecule has 238 valence electrons. The molecule has 2 aliphatic rings. The molecule has 1 atom stereocenters. The van der Waals surface area contributed by atoms with E-state index in [4.69, 9.17) is 4.74 Å². The molecular formula is C35H36N4O7. The van der Waals surface area contributed by atoms with Gasteiger partial charge in [-0.25, -0.2) is 9.69 Å². The number of esters is 1. The number of rotatable bonds is 12. The molecule has 0 saturated heterocycles. The number of anilines is 2. The highest BCUT2D eigenvalue weighted by Gasteiger charge is 2.41. The maximum atomic E-state index is 13.5. The molecule has 0 bridgehead atoms. The number of benzene rings is 3. The van der Waals surface area contributed by atoms with Crippen molar-refractivity contribution in [2.24, 2.45) is 0 Å². The van der Waals surface area contributed by atoms with Crippen LogP contribution in [0.15, 0.2) is 66.7 Å². The van der Waals surface area contributed by atoms with E-state index in [1.54, 1.807) is 49.4 Å². The van der Waals surface area contributed by atoms with E-state index >= 15 is 0 Å². The van der Waals surface area contributed by atoms with Crippen LogP contribution in [-0.2, 0) is 36.8 Å². The first-order valence-corrected chi connectivity index (χ1v) is 15.4. The zero-order valence-electron chi connectivity index (χ0n) is 25.8. The molecule has 5 rings (SSSR count). The van der Waals surface area contributed by atoms with Crippen molar-refractivity contribution < 1.29 is 33.5 Å². The molecule has 2 aliphatic heterocycles. The second-order valence-corrected chi connectivity index (χ2v) is 11.3. The number of carbonyl (C=O) groups is 6. The predicted molar refractivity (Wildman–Crippen MR) is 170 cm³/mol. The van der Waals surface area contributed by atoms with Crippen molar-refractivity contribution in [2.75, 3.05) is 29.5 Å². The summed E-state index contributed by atoms with van der Waals surface area (Å²) < 4.78 is 5.23. The number of carbonyl (C=O) groups excluding carboxylic acids is 6. The van der Waals surface area contributed by atoms with Crippen LogP contribution in [0.5, 0.6) is 0 Å². The van der Waals surface area contributed by atoms with Crippen molar-refractivity contribution in [3.8, 4) is 0 Å². The monoisotopic (exact) mass is 624 g/mol. The van der Waals surface area contributed by atoms with Crippen LogP contribution >= 0.6 is 0 Å². The number of hydrogen-bond donors (Lipinski definition) is 2. The van der Waals surface area contributed by atoms with Gasteiger partial charge >= 0.3 is 5.97 Å². The Bertz CT molecular complexity index is 1670. The molecule has 5 amide bonds. The Hall–Kier alpha value is -5.32. The Kier molecular flexibility index (Phi) is 9.90. The molecule has 0 fully saturated rings. The summed E-state index contributed by atoms with van der Waals surface area (Å²) in [6.07, 6.45) is 1.73. The molecule has 0 spiro atoms. The van der Waals surface area contributed by atoms with Crippen LogP contribution < -0.4 is 20.4 Å². The third-order valence-electron chi connectivity index (χ3n) is 7.97. The van der Waals surface area contributed by atoms with Gasteiger partial charge in [-0.2, -0.15) is 0 Å². The smallest absolute Gasteiger partial charge is 0.329 e. The molecule has 3 aromatic rings. The lowest BCUT2D eigenvalue weighted by atomic mass is 10.1. The molecule has 0 radical (unpaired) electrons. The molecule has 0 aromatic heterocycles. The summed E-state index contributed by atoms with van der Waals surface area (Å²) in [6, 6.07) is 18.2. The Morgan fingerprint density at radius 1 is 0.870 bits per heavy atom. The zero-order valence-corrected chi connectivity index (χ0v) is 25.8. The molecular weight excluding hydrogens is 588 g/mol. The van der Waals surface area contributed by atoms with Gasteiger partial charge in [0.15, 0.2) is 0 Å². The van der Waals surface area contributed by atoms with Crippen LogP contribution in [0.2, 0.25) is 0 Å². The zero-order chi connectivity index (χ0) is 32.8. The van der Waals surface area contributed by atoms with E-state index in [1.807, 2.05) is 31.2 Å². The largest absolute Gasteiger partial charge is 0.464 e. The highest BCUT2D eigenvalue weighted by Crippen LogP contribution is 2.38. The van der Waals surface area contributed by atoms with Crippen molar-refractivity contribution in [3.05, 3.63) is 94.5 Å². The van der Waals surface area contributed by atoms with E-state index in [-0.39, 0.29) is 61.0 Å². The first-order valence-electron chi connectivity index (χ1n) is 15.4. The Morgan fingerprint density at radius 2 is 1.61 bits per heavy atom. The molecule has 0 aliphatic carbocycles. The summed E-state index contributed by atoms with van der Waals surface area (Å²) in [5.41, 5.74) is 3.91. The second kappa shape index (κ2) is 14.2. The number of nitrogens with one attached hydrogen (secondary N) is 2. The first-order chi connectivity index (χ1) is 22.2. The topological polar surface area (TPSA) is 142 Å². The highest BCUT2D eigenvalue weighted by atomic mass is 16.5. The Balaban J connectivity index is 1.17. The molecule has 1 unspecified atom stereocenters. The van der Waals surface area contributed by atoms with E-state index in [1.165, 1.54) is 4.90 Å². The first kappa shape index (κ1) is 32.1. The minimum atomic E-state index is -0.958. The Morgan fingerprint density at radius 3 is 2.30 bits per heavy atom. The van der Waals surface area contributed by atoms with Gasteiger partial charge in [-0.05, 0) is 62.1 Å². The summed E-state index contributed by atoms with van der Waals surface area (Å²) in [5.74, 6) is -2.51. The maximum absolute atomic E-state index is 13.5. The van der Waals surface area contributed by atoms with Crippen LogP contribution in [0, 0.1) is 6.92 Å². The fraction of sp³-hybridized carbons (Fsp3) is 0.314. The van der Waals surface area contributed by atoms with E-state index in [0.29, 0.717) is 30.6 Å². The average molecular weight is 625 g/mol. The number of hydrogen-bond acceptors (Lipinski definition) is 7. The van der Waals surface area contributed by atoms with E-state index in [0.717, 1.165) is 16.0 Å². The molecule has 46 heavy (non-hydrogen) atoms. The predicted octanol–water partition coefficient (Wildman–Crippen LogP) is 3.26. The van der Waals surface area contributed by atoms with Crippen LogP contribution in [0.1, 0.15) is 63.6 Å². The molecule has 3 aromatic carbocycles. The van der Waals surface area contributed by atoms with Crippen LogP contribution in [0.3, 0.4) is 0 Å². The third-order valence-corrected chi connectivity index (χ3v) is 7.97. The summed E-state index contributed by atoms with van der Waals surface area (Å²) in [5, 5.41) is 5.49. The lowest BCUT2D eigenvalue weighted by molar-refractivity contribution is -0.145. The van der Waals surface area contributed by atoms with Crippen molar-refractivity contribution >= 4 is 46.9 Å². The van der Waals surface area contributed by atoms with Gasteiger partial charge in [0.05, 0.1) is 42.1 Å². The molecule has 11 heteroatoms. The second-order valence-electron chi connectivity index (χ2n) is 11.3. The van der Waals surface area contributed by atoms with Gasteiger partial charge in [0.25, 0.3) is 11.8 Å². The van der Waals surface area contributed by atoms with Gasteiger partial charge < -0.3 is 15.4 Å². The van der Waals surface area contributed by atoms with Gasteiger partial charge in [0.1, 0.15) is 6.04 Å². The van der Waals surface area contributed by atoms with Crippen molar-refractivity contribution in [2.45, 2.75) is 52.0 Å². The number of aryl methyl sites for hydroxylation is 1. The maximum Gasteiger partial charge on any atom is 0.329 e. The van der Waals surface area contributed by atoms with Crippen molar-refractivity contribution in [3.63, 3.8) is 0 Å². The van der Waals surface area contributed by atoms with Crippen LogP contribution in [0.4, 0.5) is 11.4 Å². The SMILES string of the molecule is CCOC(=O)C1Cc2ccc(N3C(=O)c4ccccc4C3=O)cc2N1C(=O)CNC(=O)CCCCNC(=O)Cc1cccc(C)c1. The van der Waals surface area contributed by atoms with E-state index < -0.39 is 29.7 Å². The minimum absolute atomic E-state index is 0.0890. The molecule has 2 heterocycles. The molecule has 0 saturated carbocycles. The lowest BCUT2D eigenvalue weighted by Gasteiger charge is -2.25. The average Bonchev–Trinajstić information content (AvgIpc) is 3.54. The van der Waals surface area contributed by atoms with Crippen LogP contribution in [-0.4, -0.2) is 61.2 Å². The number of ether oxygens (including phenoxy) is 1. The Labute approximate surface area is 266 Å². The van der Waals surface area contributed by atoms with Gasteiger partial charge in [0, 0.05) is 19.4 Å². The van der Waals surface area contributed by atoms with Gasteiger partial charge in [-0.1, -0.05) is 48.0 Å². The molecule has 2 N–H and O–H groups in total. The fourth-order valence-electron chi connectivity index (χ4n) is 5.77. The van der Waals surface area contributed by atoms with Gasteiger partial charge in [0.2, 0.25) is 17.7 Å². The van der Waals surface area contributed by atoms with Crippen molar-refractivity contribution in [1.29, 1.82) is 0 Å². The number of amides is 5. The molecule has 11 nitrogen and oxygen atoms in total.